The summed E-state index contributed by atoms with van der Waals surface area (Å²) in [4.78, 5) is 0. The van der Waals surface area contributed by atoms with Crippen molar-refractivity contribution in [1.82, 2.24) is 9.78 Å². The van der Waals surface area contributed by atoms with Gasteiger partial charge in [0.1, 0.15) is 6.10 Å². The van der Waals surface area contributed by atoms with Crippen molar-refractivity contribution in [2.24, 2.45) is 5.73 Å². The van der Waals surface area contributed by atoms with Crippen LogP contribution in [0.1, 0.15) is 6.92 Å². The van der Waals surface area contributed by atoms with E-state index in [4.69, 9.17) is 15.2 Å². The molecule has 1 aromatic heterocycles. The lowest BCUT2D eigenvalue weighted by atomic mass is 10.4. The molecule has 5 heteroatoms. The lowest BCUT2D eigenvalue weighted by Crippen LogP contribution is -2.30. The Morgan fingerprint density at radius 2 is 2.43 bits per heavy atom. The summed E-state index contributed by atoms with van der Waals surface area (Å²) in [5.74, 6) is 0.736. The molecule has 1 atom stereocenters. The van der Waals surface area contributed by atoms with Crippen LogP contribution in [0.3, 0.4) is 0 Å². The van der Waals surface area contributed by atoms with Crippen molar-refractivity contribution in [2.45, 2.75) is 19.6 Å². The van der Waals surface area contributed by atoms with Gasteiger partial charge in [-0.2, -0.15) is 5.10 Å². The van der Waals surface area contributed by atoms with Crippen LogP contribution in [0.5, 0.6) is 5.75 Å². The molecule has 0 aliphatic heterocycles. The number of ether oxygens (including phenoxy) is 2. The van der Waals surface area contributed by atoms with Crippen molar-refractivity contribution in [2.75, 3.05) is 20.3 Å². The molecule has 1 rings (SSSR count). The van der Waals surface area contributed by atoms with E-state index in [2.05, 4.69) is 5.10 Å². The fourth-order valence-electron chi connectivity index (χ4n) is 1.11. The first kappa shape index (κ1) is 11.0. The van der Waals surface area contributed by atoms with Crippen molar-refractivity contribution in [3.05, 3.63) is 12.4 Å². The standard InChI is InChI=1S/C9H17N3O2/c1-3-12-6-9(5-11-12)14-8(4-10)7-13-2/h5-6,8H,3-4,7,10H2,1-2H3. The second-order valence-corrected chi connectivity index (χ2v) is 2.96. The van der Waals surface area contributed by atoms with E-state index >= 15 is 0 Å². The zero-order chi connectivity index (χ0) is 10.4. The number of aromatic nitrogens is 2. The van der Waals surface area contributed by atoms with Gasteiger partial charge in [-0.15, -0.1) is 0 Å². The van der Waals surface area contributed by atoms with Crippen molar-refractivity contribution < 1.29 is 9.47 Å². The van der Waals surface area contributed by atoms with Crippen LogP contribution >= 0.6 is 0 Å². The lowest BCUT2D eigenvalue weighted by molar-refractivity contribution is 0.0860. The van der Waals surface area contributed by atoms with Crippen LogP contribution in [-0.4, -0.2) is 36.1 Å². The molecule has 0 bridgehead atoms. The zero-order valence-corrected chi connectivity index (χ0v) is 8.64. The van der Waals surface area contributed by atoms with Crippen LogP contribution in [0, 0.1) is 0 Å². The van der Waals surface area contributed by atoms with Crippen molar-refractivity contribution >= 4 is 0 Å². The summed E-state index contributed by atoms with van der Waals surface area (Å²) in [6, 6.07) is 0. The van der Waals surface area contributed by atoms with Gasteiger partial charge in [-0.05, 0) is 6.92 Å². The fourth-order valence-corrected chi connectivity index (χ4v) is 1.11. The summed E-state index contributed by atoms with van der Waals surface area (Å²) >= 11 is 0. The van der Waals surface area contributed by atoms with Gasteiger partial charge in [0.25, 0.3) is 0 Å². The summed E-state index contributed by atoms with van der Waals surface area (Å²) in [5.41, 5.74) is 5.51. The second kappa shape index (κ2) is 5.62. The second-order valence-electron chi connectivity index (χ2n) is 2.96. The first-order valence-electron chi connectivity index (χ1n) is 4.68. The molecule has 80 valence electrons. The number of methoxy groups -OCH3 is 1. The Bertz CT molecular complexity index is 262. The molecule has 1 heterocycles. The van der Waals surface area contributed by atoms with E-state index in [1.165, 1.54) is 0 Å². The minimum Gasteiger partial charge on any atom is -0.483 e. The predicted octanol–water partition coefficient (Wildman–Crippen LogP) is 0.255. The Balaban J connectivity index is 2.48. The molecule has 0 aliphatic carbocycles. The molecule has 0 radical (unpaired) electrons. The Morgan fingerprint density at radius 3 is 2.93 bits per heavy atom. The number of nitrogens with two attached hydrogens (primary N) is 1. The molecule has 1 unspecified atom stereocenters. The average Bonchev–Trinajstić information content (AvgIpc) is 2.65. The number of aryl methyl sites for hydroxylation is 1. The van der Waals surface area contributed by atoms with E-state index < -0.39 is 0 Å². The third kappa shape index (κ3) is 3.01. The average molecular weight is 199 g/mol. The van der Waals surface area contributed by atoms with Crippen LogP contribution in [0.25, 0.3) is 0 Å². The Labute approximate surface area is 83.8 Å². The molecule has 0 saturated carbocycles. The van der Waals surface area contributed by atoms with Gasteiger partial charge < -0.3 is 15.2 Å². The van der Waals surface area contributed by atoms with Crippen LogP contribution in [0.4, 0.5) is 0 Å². The summed E-state index contributed by atoms with van der Waals surface area (Å²) in [5, 5.41) is 4.09. The van der Waals surface area contributed by atoms with Gasteiger partial charge in [0, 0.05) is 20.2 Å². The summed E-state index contributed by atoms with van der Waals surface area (Å²) in [6.45, 7) is 3.78. The minimum absolute atomic E-state index is 0.102. The van der Waals surface area contributed by atoms with Gasteiger partial charge in [0.2, 0.25) is 0 Å². The normalized spacial score (nSPS) is 12.8. The van der Waals surface area contributed by atoms with Crippen LogP contribution in [0.15, 0.2) is 12.4 Å². The van der Waals surface area contributed by atoms with Crippen LogP contribution in [-0.2, 0) is 11.3 Å². The Hall–Kier alpha value is -1.07. The van der Waals surface area contributed by atoms with Crippen LogP contribution < -0.4 is 10.5 Å². The first-order valence-corrected chi connectivity index (χ1v) is 4.68. The van der Waals surface area contributed by atoms with Gasteiger partial charge in [-0.25, -0.2) is 0 Å². The molecule has 0 amide bonds. The highest BCUT2D eigenvalue weighted by atomic mass is 16.5. The lowest BCUT2D eigenvalue weighted by Gasteiger charge is -2.14. The minimum atomic E-state index is -0.102. The number of hydrogen-bond donors (Lipinski definition) is 1. The van der Waals surface area contributed by atoms with Crippen molar-refractivity contribution in [1.29, 1.82) is 0 Å². The predicted molar refractivity (Wildman–Crippen MR) is 53.2 cm³/mol. The SMILES string of the molecule is CCn1cc(OC(CN)COC)cn1. The smallest absolute Gasteiger partial charge is 0.157 e. The monoisotopic (exact) mass is 199 g/mol. The molecule has 0 aliphatic rings. The van der Waals surface area contributed by atoms with Gasteiger partial charge in [0.15, 0.2) is 5.75 Å². The topological polar surface area (TPSA) is 62.3 Å². The zero-order valence-electron chi connectivity index (χ0n) is 8.64. The number of nitrogens with zero attached hydrogens (tertiary/aromatic N) is 2. The first-order chi connectivity index (χ1) is 6.80. The van der Waals surface area contributed by atoms with E-state index in [0.29, 0.717) is 13.2 Å². The van der Waals surface area contributed by atoms with Gasteiger partial charge in [-0.3, -0.25) is 4.68 Å². The highest BCUT2D eigenvalue weighted by Crippen LogP contribution is 2.10. The highest BCUT2D eigenvalue weighted by Gasteiger charge is 2.08. The maximum Gasteiger partial charge on any atom is 0.157 e. The maximum atomic E-state index is 5.55. The third-order valence-corrected chi connectivity index (χ3v) is 1.85. The van der Waals surface area contributed by atoms with E-state index in [1.54, 1.807) is 18.0 Å². The Morgan fingerprint density at radius 1 is 1.64 bits per heavy atom. The van der Waals surface area contributed by atoms with E-state index in [9.17, 15) is 0 Å². The highest BCUT2D eigenvalue weighted by molar-refractivity contribution is 5.12. The molecular formula is C9H17N3O2. The summed E-state index contributed by atoms with van der Waals surface area (Å²) < 4.78 is 12.3. The van der Waals surface area contributed by atoms with Gasteiger partial charge in [0.05, 0.1) is 19.0 Å². The molecule has 0 aromatic carbocycles. The largest absolute Gasteiger partial charge is 0.483 e. The number of hydrogen-bond acceptors (Lipinski definition) is 4. The molecule has 5 nitrogen and oxygen atoms in total. The molecule has 2 N–H and O–H groups in total. The van der Waals surface area contributed by atoms with Gasteiger partial charge >= 0.3 is 0 Å². The maximum absolute atomic E-state index is 5.55. The van der Waals surface area contributed by atoms with Crippen molar-refractivity contribution in [3.8, 4) is 5.75 Å². The molecular weight excluding hydrogens is 182 g/mol. The summed E-state index contributed by atoms with van der Waals surface area (Å²) in [7, 11) is 1.63. The third-order valence-electron chi connectivity index (χ3n) is 1.85. The molecule has 14 heavy (non-hydrogen) atoms. The van der Waals surface area contributed by atoms with Crippen LogP contribution in [0.2, 0.25) is 0 Å². The Kier molecular flexibility index (Phi) is 4.42. The van der Waals surface area contributed by atoms with Crippen molar-refractivity contribution in [3.63, 3.8) is 0 Å². The molecule has 0 fully saturated rings. The molecule has 0 spiro atoms. The number of rotatable bonds is 6. The molecule has 0 saturated heterocycles. The summed E-state index contributed by atoms with van der Waals surface area (Å²) in [6.07, 6.45) is 3.43. The van der Waals surface area contributed by atoms with E-state index in [1.807, 2.05) is 13.1 Å². The fraction of sp³-hybridized carbons (Fsp3) is 0.667. The van der Waals surface area contributed by atoms with E-state index in [-0.39, 0.29) is 6.10 Å². The van der Waals surface area contributed by atoms with Gasteiger partial charge in [-0.1, -0.05) is 0 Å². The molecule has 1 aromatic rings. The van der Waals surface area contributed by atoms with E-state index in [0.717, 1.165) is 12.3 Å². The quantitative estimate of drug-likeness (QED) is 0.713.